The van der Waals surface area contributed by atoms with Gasteiger partial charge >= 0.3 is 0 Å². The molecule has 1 fully saturated rings. The Kier molecular flexibility index (Phi) is 3.56. The van der Waals surface area contributed by atoms with Gasteiger partial charge in [0.1, 0.15) is 18.2 Å². The van der Waals surface area contributed by atoms with Gasteiger partial charge in [-0.15, -0.1) is 0 Å². The van der Waals surface area contributed by atoms with E-state index in [9.17, 15) is 4.39 Å². The Morgan fingerprint density at radius 3 is 2.53 bits per heavy atom. The molecule has 97 valence electrons. The highest BCUT2D eigenvalue weighted by Crippen LogP contribution is 2.44. The van der Waals surface area contributed by atoms with Gasteiger partial charge in [0.05, 0.1) is 4.47 Å². The van der Waals surface area contributed by atoms with Gasteiger partial charge in [-0.3, -0.25) is 0 Å². The third-order valence-corrected chi connectivity index (χ3v) is 3.75. The van der Waals surface area contributed by atoms with Crippen molar-refractivity contribution in [1.82, 2.24) is 0 Å². The normalized spacial score (nSPS) is 14.4. The van der Waals surface area contributed by atoms with Gasteiger partial charge in [-0.25, -0.2) is 4.39 Å². The first-order valence-corrected chi connectivity index (χ1v) is 7.04. The lowest BCUT2D eigenvalue weighted by atomic mass is 10.1. The van der Waals surface area contributed by atoms with E-state index in [2.05, 4.69) is 15.9 Å². The Morgan fingerprint density at radius 1 is 1.11 bits per heavy atom. The molecule has 0 heterocycles. The molecule has 1 aliphatic rings. The summed E-state index contributed by atoms with van der Waals surface area (Å²) in [7, 11) is 0. The third kappa shape index (κ3) is 2.98. The number of halogens is 2. The fourth-order valence-corrected chi connectivity index (χ4v) is 2.31. The van der Waals surface area contributed by atoms with Crippen LogP contribution < -0.4 is 4.74 Å². The van der Waals surface area contributed by atoms with E-state index in [1.807, 2.05) is 30.3 Å². The summed E-state index contributed by atoms with van der Waals surface area (Å²) in [5, 5.41) is 0. The molecular weight excluding hydrogens is 307 g/mol. The van der Waals surface area contributed by atoms with Crippen LogP contribution in [0.5, 0.6) is 5.75 Å². The first kappa shape index (κ1) is 12.7. The van der Waals surface area contributed by atoms with Crippen molar-refractivity contribution in [2.75, 3.05) is 0 Å². The van der Waals surface area contributed by atoms with Crippen LogP contribution in [0.3, 0.4) is 0 Å². The van der Waals surface area contributed by atoms with Crippen molar-refractivity contribution < 1.29 is 9.13 Å². The number of benzene rings is 2. The first-order valence-electron chi connectivity index (χ1n) is 6.25. The molecule has 0 aromatic heterocycles. The van der Waals surface area contributed by atoms with Gasteiger partial charge in [0.25, 0.3) is 0 Å². The Labute approximate surface area is 120 Å². The quantitative estimate of drug-likeness (QED) is 0.780. The zero-order valence-corrected chi connectivity index (χ0v) is 11.9. The molecule has 3 rings (SSSR count). The van der Waals surface area contributed by atoms with Gasteiger partial charge in [-0.2, -0.15) is 0 Å². The molecule has 0 saturated heterocycles. The average Bonchev–Trinajstić information content (AvgIpc) is 3.25. The molecule has 19 heavy (non-hydrogen) atoms. The van der Waals surface area contributed by atoms with Gasteiger partial charge in [0.2, 0.25) is 0 Å². The van der Waals surface area contributed by atoms with E-state index in [4.69, 9.17) is 4.74 Å². The largest absolute Gasteiger partial charge is 0.489 e. The molecule has 0 N–H and O–H groups in total. The lowest BCUT2D eigenvalue weighted by molar-refractivity contribution is 0.303. The van der Waals surface area contributed by atoms with E-state index >= 15 is 0 Å². The second-order valence-electron chi connectivity index (χ2n) is 4.64. The number of hydrogen-bond donors (Lipinski definition) is 0. The summed E-state index contributed by atoms with van der Waals surface area (Å²) in [4.78, 5) is 0. The Balaban J connectivity index is 1.81. The van der Waals surface area contributed by atoms with Crippen LogP contribution in [-0.2, 0) is 6.61 Å². The zero-order chi connectivity index (χ0) is 13.2. The molecule has 2 aromatic rings. The van der Waals surface area contributed by atoms with Crippen LogP contribution in [-0.4, -0.2) is 0 Å². The van der Waals surface area contributed by atoms with Crippen LogP contribution in [0.2, 0.25) is 0 Å². The molecular formula is C16H13BrFO. The van der Waals surface area contributed by atoms with Crippen molar-refractivity contribution >= 4 is 15.9 Å². The van der Waals surface area contributed by atoms with Crippen LogP contribution in [0.15, 0.2) is 46.9 Å². The fraction of sp³-hybridized carbons (Fsp3) is 0.188. The monoisotopic (exact) mass is 319 g/mol. The van der Waals surface area contributed by atoms with Crippen LogP contribution >= 0.6 is 15.9 Å². The van der Waals surface area contributed by atoms with Crippen molar-refractivity contribution in [3.63, 3.8) is 0 Å². The van der Waals surface area contributed by atoms with Gasteiger partial charge in [-0.1, -0.05) is 30.3 Å². The lowest BCUT2D eigenvalue weighted by Crippen LogP contribution is -1.99. The molecule has 1 saturated carbocycles. The topological polar surface area (TPSA) is 9.23 Å². The minimum absolute atomic E-state index is 0.235. The van der Waals surface area contributed by atoms with E-state index in [1.165, 1.54) is 5.92 Å². The molecule has 3 heteroatoms. The van der Waals surface area contributed by atoms with Gasteiger partial charge < -0.3 is 4.74 Å². The Bertz CT molecular complexity index is 579. The second-order valence-corrected chi connectivity index (χ2v) is 5.49. The summed E-state index contributed by atoms with van der Waals surface area (Å²) < 4.78 is 19.9. The summed E-state index contributed by atoms with van der Waals surface area (Å²) in [5.41, 5.74) is 2.02. The lowest BCUT2D eigenvalue weighted by Gasteiger charge is -2.12. The molecule has 0 aliphatic heterocycles. The van der Waals surface area contributed by atoms with Crippen molar-refractivity contribution in [3.8, 4) is 5.75 Å². The zero-order valence-electron chi connectivity index (χ0n) is 10.3. The molecule has 1 aliphatic carbocycles. The Hall–Kier alpha value is -1.35. The van der Waals surface area contributed by atoms with Crippen molar-refractivity contribution in [2.24, 2.45) is 0 Å². The molecule has 1 nitrogen and oxygen atoms in total. The summed E-state index contributed by atoms with van der Waals surface area (Å²) in [6, 6.07) is 13.3. The molecule has 0 unspecified atom stereocenters. The van der Waals surface area contributed by atoms with Crippen LogP contribution in [0.4, 0.5) is 4.39 Å². The highest BCUT2D eigenvalue weighted by molar-refractivity contribution is 9.10. The molecule has 0 bridgehead atoms. The van der Waals surface area contributed by atoms with Gasteiger partial charge in [0, 0.05) is 11.5 Å². The number of rotatable bonds is 4. The SMILES string of the molecule is Fc1cc([C]2CC2)c(OCc2ccccc2)cc1Br. The maximum atomic E-state index is 13.6. The highest BCUT2D eigenvalue weighted by Gasteiger charge is 2.28. The standard InChI is InChI=1S/C16H13BrFO/c17-14-9-16(13(8-15(14)18)12-6-7-12)19-10-11-4-2-1-3-5-11/h1-5,8-9H,6-7,10H2. The van der Waals surface area contributed by atoms with E-state index in [0.717, 1.165) is 29.7 Å². The second kappa shape index (κ2) is 5.33. The third-order valence-electron chi connectivity index (χ3n) is 3.14. The number of hydrogen-bond acceptors (Lipinski definition) is 1. The van der Waals surface area contributed by atoms with E-state index in [0.29, 0.717) is 11.1 Å². The minimum atomic E-state index is -0.235. The molecule has 0 atom stereocenters. The summed E-state index contributed by atoms with van der Waals surface area (Å²) in [5.74, 6) is 1.79. The van der Waals surface area contributed by atoms with Crippen LogP contribution in [0.1, 0.15) is 24.0 Å². The van der Waals surface area contributed by atoms with E-state index in [-0.39, 0.29) is 5.82 Å². The molecule has 0 spiro atoms. The van der Waals surface area contributed by atoms with Gasteiger partial charge in [-0.05, 0) is 46.5 Å². The summed E-state index contributed by atoms with van der Waals surface area (Å²) >= 11 is 3.21. The highest BCUT2D eigenvalue weighted by atomic mass is 79.9. The molecule has 2 aromatic carbocycles. The van der Waals surface area contributed by atoms with E-state index < -0.39 is 0 Å². The van der Waals surface area contributed by atoms with Crippen molar-refractivity contribution in [3.05, 3.63) is 69.8 Å². The molecule has 0 amide bonds. The fourth-order valence-electron chi connectivity index (χ4n) is 1.99. The predicted octanol–water partition coefficient (Wildman–Crippen LogP) is 4.88. The Morgan fingerprint density at radius 2 is 1.84 bits per heavy atom. The summed E-state index contributed by atoms with van der Waals surface area (Å²) in [6.07, 6.45) is 2.09. The van der Waals surface area contributed by atoms with Crippen LogP contribution in [0.25, 0.3) is 0 Å². The summed E-state index contributed by atoms with van der Waals surface area (Å²) in [6.45, 7) is 0.499. The average molecular weight is 320 g/mol. The maximum Gasteiger partial charge on any atom is 0.137 e. The van der Waals surface area contributed by atoms with Gasteiger partial charge in [0.15, 0.2) is 0 Å². The van der Waals surface area contributed by atoms with E-state index in [1.54, 1.807) is 12.1 Å². The first-order chi connectivity index (χ1) is 9.24. The van der Waals surface area contributed by atoms with Crippen molar-refractivity contribution in [2.45, 2.75) is 19.4 Å². The van der Waals surface area contributed by atoms with Crippen molar-refractivity contribution in [1.29, 1.82) is 0 Å². The number of ether oxygens (including phenoxy) is 1. The minimum Gasteiger partial charge on any atom is -0.489 e. The molecule has 1 radical (unpaired) electrons. The van der Waals surface area contributed by atoms with Crippen LogP contribution in [0, 0.1) is 11.7 Å². The smallest absolute Gasteiger partial charge is 0.137 e. The predicted molar refractivity (Wildman–Crippen MR) is 76.5 cm³/mol. The maximum absolute atomic E-state index is 13.6.